The molecule has 0 saturated heterocycles. The van der Waals surface area contributed by atoms with Gasteiger partial charge in [-0.15, -0.1) is 6.58 Å². The van der Waals surface area contributed by atoms with Crippen molar-refractivity contribution in [2.45, 2.75) is 53.1 Å². The highest BCUT2D eigenvalue weighted by atomic mass is 79.9. The van der Waals surface area contributed by atoms with E-state index in [0.717, 1.165) is 44.3 Å². The summed E-state index contributed by atoms with van der Waals surface area (Å²) in [7, 11) is 0. The predicted molar refractivity (Wildman–Crippen MR) is 127 cm³/mol. The van der Waals surface area contributed by atoms with Crippen molar-refractivity contribution in [2.75, 3.05) is 0 Å². The van der Waals surface area contributed by atoms with Crippen molar-refractivity contribution in [2.24, 2.45) is 0 Å². The maximum atomic E-state index is 12.6. The molecule has 0 bridgehead atoms. The molecule has 0 unspecified atom stereocenters. The van der Waals surface area contributed by atoms with Gasteiger partial charge in [0.05, 0.1) is 6.10 Å². The average molecular weight is 521 g/mol. The molecule has 0 aliphatic rings. The van der Waals surface area contributed by atoms with Crippen LogP contribution >= 0.6 is 31.9 Å². The largest absolute Gasteiger partial charge is 0.458 e. The summed E-state index contributed by atoms with van der Waals surface area (Å²) in [5.41, 5.74) is 6.58. The van der Waals surface area contributed by atoms with Crippen LogP contribution in [0.2, 0.25) is 0 Å². The third-order valence-electron chi connectivity index (χ3n) is 4.44. The summed E-state index contributed by atoms with van der Waals surface area (Å²) in [5.74, 6) is -0.407. The van der Waals surface area contributed by atoms with E-state index in [4.69, 9.17) is 4.74 Å². The Morgan fingerprint density at radius 1 is 1.10 bits per heavy atom. The van der Waals surface area contributed by atoms with Gasteiger partial charge in [-0.05, 0) is 67.6 Å². The van der Waals surface area contributed by atoms with Gasteiger partial charge >= 0.3 is 5.97 Å². The topological polar surface area (TPSA) is 39.2 Å². The number of ether oxygens (including phenoxy) is 1. The Bertz CT molecular complexity index is 931. The second kappa shape index (κ2) is 10.4. The lowest BCUT2D eigenvalue weighted by atomic mass is 9.98. The van der Waals surface area contributed by atoms with Crippen molar-refractivity contribution in [3.05, 3.63) is 80.0 Å². The Morgan fingerprint density at radius 2 is 1.72 bits per heavy atom. The summed E-state index contributed by atoms with van der Waals surface area (Å²) in [6, 6.07) is 8.33. The van der Waals surface area contributed by atoms with E-state index in [1.165, 1.54) is 0 Å². The number of allylic oxidation sites excluding steroid dienone is 2. The molecule has 1 heterocycles. The van der Waals surface area contributed by atoms with Crippen molar-refractivity contribution < 1.29 is 9.53 Å². The molecule has 0 N–H and O–H groups in total. The van der Waals surface area contributed by atoms with Crippen molar-refractivity contribution in [1.82, 2.24) is 4.98 Å². The van der Waals surface area contributed by atoms with Crippen molar-refractivity contribution in [3.8, 4) is 0 Å². The Balaban J connectivity index is 2.46. The van der Waals surface area contributed by atoms with E-state index in [1.54, 1.807) is 0 Å². The number of aromatic nitrogens is 1. The molecule has 0 atom stereocenters. The second-order valence-corrected chi connectivity index (χ2v) is 9.13. The van der Waals surface area contributed by atoms with E-state index in [1.807, 2.05) is 27.7 Å². The Hall–Kier alpha value is -1.72. The molecule has 0 saturated carbocycles. The Morgan fingerprint density at radius 3 is 2.24 bits per heavy atom. The zero-order valence-electron chi connectivity index (χ0n) is 17.4. The standard InChI is InChI=1S/C24H27Br2NO2/c1-14(2)7-12-19-21(25)20(13-17-8-10-18(11-9-17)15(3)4)23(26)27-22(19)24(28)29-16(5)6/h8-11,16H,1,3,7,12-13H2,2,4-6H3. The number of rotatable bonds is 8. The lowest BCUT2D eigenvalue weighted by molar-refractivity contribution is 0.0369. The molecule has 3 nitrogen and oxygen atoms in total. The van der Waals surface area contributed by atoms with Gasteiger partial charge in [0, 0.05) is 22.0 Å². The van der Waals surface area contributed by atoms with Gasteiger partial charge in [0.25, 0.3) is 0 Å². The van der Waals surface area contributed by atoms with Crippen molar-refractivity contribution >= 4 is 43.4 Å². The highest BCUT2D eigenvalue weighted by Gasteiger charge is 2.23. The van der Waals surface area contributed by atoms with Gasteiger partial charge in [0.1, 0.15) is 4.60 Å². The smallest absolute Gasteiger partial charge is 0.357 e. The van der Waals surface area contributed by atoms with Gasteiger partial charge < -0.3 is 4.74 Å². The lowest BCUT2D eigenvalue weighted by Gasteiger charge is -2.17. The fraction of sp³-hybridized carbons (Fsp3) is 0.333. The summed E-state index contributed by atoms with van der Waals surface area (Å²) in [6.45, 7) is 15.6. The quantitative estimate of drug-likeness (QED) is 0.208. The zero-order valence-corrected chi connectivity index (χ0v) is 20.6. The van der Waals surface area contributed by atoms with E-state index in [9.17, 15) is 4.79 Å². The lowest BCUT2D eigenvalue weighted by Crippen LogP contribution is -2.17. The summed E-state index contributed by atoms with van der Waals surface area (Å²) in [6.07, 6.45) is 1.92. The first-order valence-electron chi connectivity index (χ1n) is 9.57. The van der Waals surface area contributed by atoms with Gasteiger partial charge in [-0.2, -0.15) is 0 Å². The van der Waals surface area contributed by atoms with Crippen LogP contribution in [0.1, 0.15) is 66.9 Å². The van der Waals surface area contributed by atoms with Crippen LogP contribution in [-0.4, -0.2) is 17.1 Å². The van der Waals surface area contributed by atoms with Crippen LogP contribution < -0.4 is 0 Å². The maximum Gasteiger partial charge on any atom is 0.357 e. The minimum absolute atomic E-state index is 0.206. The molecule has 0 spiro atoms. The molecule has 0 fully saturated rings. The van der Waals surface area contributed by atoms with E-state index in [2.05, 4.69) is 74.3 Å². The minimum atomic E-state index is -0.407. The zero-order chi connectivity index (χ0) is 21.7. The first kappa shape index (κ1) is 23.6. The molecule has 0 aliphatic carbocycles. The summed E-state index contributed by atoms with van der Waals surface area (Å²) < 4.78 is 6.94. The molecule has 154 valence electrons. The molecular weight excluding hydrogens is 494 g/mol. The third kappa shape index (κ3) is 6.38. The number of pyridine rings is 1. The molecule has 2 aromatic rings. The summed E-state index contributed by atoms with van der Waals surface area (Å²) >= 11 is 7.30. The second-order valence-electron chi connectivity index (χ2n) is 7.59. The monoisotopic (exact) mass is 519 g/mol. The van der Waals surface area contributed by atoms with Gasteiger partial charge in [-0.1, -0.05) is 57.9 Å². The van der Waals surface area contributed by atoms with Crippen LogP contribution in [0.15, 0.2) is 52.1 Å². The maximum absolute atomic E-state index is 12.6. The Labute approximate surface area is 190 Å². The van der Waals surface area contributed by atoms with Gasteiger partial charge in [0.2, 0.25) is 0 Å². The number of carbonyl (C=O) groups is 1. The first-order chi connectivity index (χ1) is 13.6. The molecule has 0 radical (unpaired) electrons. The molecular formula is C24H27Br2NO2. The van der Waals surface area contributed by atoms with Crippen molar-refractivity contribution in [3.63, 3.8) is 0 Å². The van der Waals surface area contributed by atoms with Crippen LogP contribution in [-0.2, 0) is 17.6 Å². The SMILES string of the molecule is C=C(C)CCc1c(C(=O)OC(C)C)nc(Br)c(Cc2ccc(C(=C)C)cc2)c1Br. The molecule has 1 aromatic heterocycles. The Kier molecular flexibility index (Phi) is 8.41. The molecule has 0 aliphatic heterocycles. The predicted octanol–water partition coefficient (Wildman–Crippen LogP) is 7.30. The first-order valence-corrected chi connectivity index (χ1v) is 11.2. The normalized spacial score (nSPS) is 10.9. The number of halogens is 2. The highest BCUT2D eigenvalue weighted by Crippen LogP contribution is 2.33. The number of hydrogen-bond acceptors (Lipinski definition) is 3. The van der Waals surface area contributed by atoms with E-state index in [0.29, 0.717) is 23.1 Å². The number of carbonyl (C=O) groups excluding carboxylic acids is 1. The minimum Gasteiger partial charge on any atom is -0.458 e. The number of benzene rings is 1. The fourth-order valence-corrected chi connectivity index (χ4v) is 4.37. The molecule has 1 aromatic carbocycles. The van der Waals surface area contributed by atoms with Crippen molar-refractivity contribution in [1.29, 1.82) is 0 Å². The van der Waals surface area contributed by atoms with Crippen LogP contribution in [0.4, 0.5) is 0 Å². The van der Waals surface area contributed by atoms with E-state index < -0.39 is 5.97 Å². The summed E-state index contributed by atoms with van der Waals surface area (Å²) in [4.78, 5) is 17.2. The number of nitrogens with zero attached hydrogens (tertiary/aromatic N) is 1. The molecule has 5 heteroatoms. The van der Waals surface area contributed by atoms with Crippen LogP contribution in [0.5, 0.6) is 0 Å². The van der Waals surface area contributed by atoms with Crippen LogP contribution in [0, 0.1) is 0 Å². The molecule has 0 amide bonds. The molecule has 29 heavy (non-hydrogen) atoms. The fourth-order valence-electron chi connectivity index (χ4n) is 2.88. The molecule has 2 rings (SSSR count). The average Bonchev–Trinajstić information content (AvgIpc) is 2.63. The highest BCUT2D eigenvalue weighted by molar-refractivity contribution is 9.11. The van der Waals surface area contributed by atoms with Gasteiger partial charge in [-0.3, -0.25) is 0 Å². The number of hydrogen-bond donors (Lipinski definition) is 0. The summed E-state index contributed by atoms with van der Waals surface area (Å²) in [5, 5.41) is 0. The van der Waals surface area contributed by atoms with Crippen LogP contribution in [0.3, 0.4) is 0 Å². The third-order valence-corrected chi connectivity index (χ3v) is 6.05. The van der Waals surface area contributed by atoms with E-state index in [-0.39, 0.29) is 6.10 Å². The van der Waals surface area contributed by atoms with Gasteiger partial charge in [-0.25, -0.2) is 9.78 Å². The van der Waals surface area contributed by atoms with Crippen LogP contribution in [0.25, 0.3) is 5.57 Å². The van der Waals surface area contributed by atoms with E-state index >= 15 is 0 Å². The van der Waals surface area contributed by atoms with Gasteiger partial charge in [0.15, 0.2) is 5.69 Å². The number of esters is 1.